The van der Waals surface area contributed by atoms with Crippen molar-refractivity contribution in [3.05, 3.63) is 35.4 Å². The Bertz CT molecular complexity index is 460. The van der Waals surface area contributed by atoms with Crippen LogP contribution in [0.5, 0.6) is 0 Å². The average molecular weight is 272 g/mol. The molecule has 1 aliphatic rings. The first-order valence-corrected chi connectivity index (χ1v) is 8.00. The highest BCUT2D eigenvalue weighted by Crippen LogP contribution is 2.39. The van der Waals surface area contributed by atoms with Crippen LogP contribution in [0, 0.1) is 17.3 Å². The second-order valence-corrected chi connectivity index (χ2v) is 7.60. The van der Waals surface area contributed by atoms with Crippen LogP contribution in [0.1, 0.15) is 69.3 Å². The van der Waals surface area contributed by atoms with Gasteiger partial charge >= 0.3 is 0 Å². The molecule has 0 bridgehead atoms. The third-order valence-corrected chi connectivity index (χ3v) is 4.57. The van der Waals surface area contributed by atoms with Crippen molar-refractivity contribution in [2.24, 2.45) is 17.3 Å². The van der Waals surface area contributed by atoms with Crippen LogP contribution in [0.2, 0.25) is 0 Å². The van der Waals surface area contributed by atoms with Crippen molar-refractivity contribution in [2.75, 3.05) is 0 Å². The zero-order valence-electron chi connectivity index (χ0n) is 13.4. The maximum Gasteiger partial charge on any atom is 0.165 e. The summed E-state index contributed by atoms with van der Waals surface area (Å²) in [6, 6.07) is 8.28. The Kier molecular flexibility index (Phi) is 4.67. The summed E-state index contributed by atoms with van der Waals surface area (Å²) in [6.45, 7) is 9.07. The lowest BCUT2D eigenvalue weighted by molar-refractivity contribution is 0.0838. The molecule has 1 heteroatoms. The molecule has 1 saturated carbocycles. The van der Waals surface area contributed by atoms with Crippen LogP contribution in [-0.4, -0.2) is 5.78 Å². The lowest BCUT2D eigenvalue weighted by atomic mass is 9.71. The van der Waals surface area contributed by atoms with Crippen molar-refractivity contribution < 1.29 is 4.79 Å². The number of hydrogen-bond donors (Lipinski definition) is 0. The molecule has 0 atom stereocenters. The van der Waals surface area contributed by atoms with E-state index >= 15 is 0 Å². The summed E-state index contributed by atoms with van der Waals surface area (Å²) < 4.78 is 0. The predicted octanol–water partition coefficient (Wildman–Crippen LogP) is 5.28. The molecule has 1 fully saturated rings. The van der Waals surface area contributed by atoms with Gasteiger partial charge in [-0.2, -0.15) is 0 Å². The molecule has 0 aromatic heterocycles. The largest absolute Gasteiger partial charge is 0.294 e. The minimum atomic E-state index is 0.248. The van der Waals surface area contributed by atoms with E-state index in [1.54, 1.807) is 0 Å². The molecule has 0 amide bonds. The van der Waals surface area contributed by atoms with E-state index in [2.05, 4.69) is 39.8 Å². The minimum Gasteiger partial charge on any atom is -0.294 e. The van der Waals surface area contributed by atoms with Crippen molar-refractivity contribution in [3.8, 4) is 0 Å². The fourth-order valence-electron chi connectivity index (χ4n) is 3.22. The fourth-order valence-corrected chi connectivity index (χ4v) is 3.22. The molecule has 0 unspecified atom stereocenters. The first-order chi connectivity index (χ1) is 9.37. The Hall–Kier alpha value is -1.11. The van der Waals surface area contributed by atoms with E-state index in [4.69, 9.17) is 0 Å². The molecular weight excluding hydrogens is 244 g/mol. The Morgan fingerprint density at radius 1 is 1.25 bits per heavy atom. The van der Waals surface area contributed by atoms with Crippen LogP contribution >= 0.6 is 0 Å². The van der Waals surface area contributed by atoms with Crippen molar-refractivity contribution in [1.29, 1.82) is 0 Å². The lowest BCUT2D eigenvalue weighted by Gasteiger charge is -2.33. The number of hydrogen-bond acceptors (Lipinski definition) is 1. The van der Waals surface area contributed by atoms with Gasteiger partial charge in [0.1, 0.15) is 0 Å². The first kappa shape index (κ1) is 15.3. The number of rotatable bonds is 4. The molecule has 0 heterocycles. The third kappa shape index (κ3) is 3.94. The molecule has 20 heavy (non-hydrogen) atoms. The smallest absolute Gasteiger partial charge is 0.165 e. The number of carbonyl (C=O) groups is 1. The van der Waals surface area contributed by atoms with Gasteiger partial charge in [-0.1, -0.05) is 45.9 Å². The van der Waals surface area contributed by atoms with Gasteiger partial charge in [-0.3, -0.25) is 4.79 Å². The summed E-state index contributed by atoms with van der Waals surface area (Å²) in [6.07, 6.45) is 5.52. The van der Waals surface area contributed by atoms with Gasteiger partial charge in [0.2, 0.25) is 0 Å². The lowest BCUT2D eigenvalue weighted by Crippen LogP contribution is -2.26. The van der Waals surface area contributed by atoms with E-state index in [0.717, 1.165) is 24.8 Å². The van der Waals surface area contributed by atoms with Crippen molar-refractivity contribution in [2.45, 2.75) is 59.8 Å². The quantitative estimate of drug-likeness (QED) is 0.681. The molecular formula is C19H28O. The van der Waals surface area contributed by atoms with Gasteiger partial charge < -0.3 is 0 Å². The van der Waals surface area contributed by atoms with Crippen molar-refractivity contribution in [3.63, 3.8) is 0 Å². The third-order valence-electron chi connectivity index (χ3n) is 4.57. The van der Waals surface area contributed by atoms with E-state index in [0.29, 0.717) is 17.1 Å². The van der Waals surface area contributed by atoms with Gasteiger partial charge in [0.25, 0.3) is 0 Å². The molecule has 110 valence electrons. The molecule has 1 aromatic carbocycles. The summed E-state index contributed by atoms with van der Waals surface area (Å²) >= 11 is 0. The van der Waals surface area contributed by atoms with Gasteiger partial charge in [-0.05, 0) is 55.1 Å². The van der Waals surface area contributed by atoms with Gasteiger partial charge in [-0.15, -0.1) is 0 Å². The summed E-state index contributed by atoms with van der Waals surface area (Å²) in [5.41, 5.74) is 2.64. The van der Waals surface area contributed by atoms with E-state index in [9.17, 15) is 4.79 Å². The summed E-state index contributed by atoms with van der Waals surface area (Å²) in [5, 5.41) is 0. The maximum atomic E-state index is 12.6. The van der Waals surface area contributed by atoms with E-state index < -0.39 is 0 Å². The van der Waals surface area contributed by atoms with Crippen LogP contribution in [-0.2, 0) is 6.42 Å². The number of ketones is 1. The van der Waals surface area contributed by atoms with E-state index in [-0.39, 0.29) is 5.92 Å². The highest BCUT2D eigenvalue weighted by atomic mass is 16.1. The summed E-state index contributed by atoms with van der Waals surface area (Å²) in [5.74, 6) is 1.25. The van der Waals surface area contributed by atoms with Crippen LogP contribution in [0.25, 0.3) is 0 Å². The van der Waals surface area contributed by atoms with E-state index in [1.165, 1.54) is 18.4 Å². The average Bonchev–Trinajstić information content (AvgIpc) is 2.37. The molecule has 0 saturated heterocycles. The molecule has 1 aromatic rings. The fraction of sp³-hybridized carbons (Fsp3) is 0.632. The molecule has 0 radical (unpaired) electrons. The van der Waals surface area contributed by atoms with Crippen LogP contribution in [0.4, 0.5) is 0 Å². The Labute approximate surface area is 123 Å². The summed E-state index contributed by atoms with van der Waals surface area (Å²) in [4.78, 5) is 12.6. The Balaban J connectivity index is 2.06. The first-order valence-electron chi connectivity index (χ1n) is 8.00. The topological polar surface area (TPSA) is 17.1 Å². The van der Waals surface area contributed by atoms with Crippen molar-refractivity contribution >= 4 is 5.78 Å². The minimum absolute atomic E-state index is 0.248. The molecule has 0 aliphatic heterocycles. The zero-order valence-corrected chi connectivity index (χ0v) is 13.4. The molecule has 2 rings (SSSR count). The maximum absolute atomic E-state index is 12.6. The van der Waals surface area contributed by atoms with Gasteiger partial charge in [-0.25, -0.2) is 0 Å². The Morgan fingerprint density at radius 3 is 2.50 bits per heavy atom. The second kappa shape index (κ2) is 6.11. The van der Waals surface area contributed by atoms with E-state index in [1.807, 2.05) is 12.1 Å². The molecule has 1 aliphatic carbocycles. The van der Waals surface area contributed by atoms with Gasteiger partial charge in [0.15, 0.2) is 5.78 Å². The van der Waals surface area contributed by atoms with Crippen LogP contribution < -0.4 is 0 Å². The predicted molar refractivity (Wildman–Crippen MR) is 85.1 cm³/mol. The number of carbonyl (C=O) groups excluding carboxylic acids is 1. The van der Waals surface area contributed by atoms with Gasteiger partial charge in [0.05, 0.1) is 0 Å². The highest BCUT2D eigenvalue weighted by molar-refractivity contribution is 5.98. The van der Waals surface area contributed by atoms with Gasteiger partial charge in [0, 0.05) is 11.5 Å². The van der Waals surface area contributed by atoms with Crippen LogP contribution in [0.3, 0.4) is 0 Å². The monoisotopic (exact) mass is 272 g/mol. The number of Topliss-reactive ketones (excluding diaryl/α,β-unsaturated/α-hetero) is 1. The normalized spacial score (nSPS) is 19.2. The Morgan fingerprint density at radius 2 is 1.90 bits per heavy atom. The SMILES string of the molecule is CC(C)Cc1cccc(C(=O)C2CCC(C)(C)CC2)c1. The molecule has 1 nitrogen and oxygen atoms in total. The van der Waals surface area contributed by atoms with Crippen LogP contribution in [0.15, 0.2) is 24.3 Å². The standard InChI is InChI=1S/C19H28O/c1-14(2)12-15-6-5-7-17(13-15)18(20)16-8-10-19(3,4)11-9-16/h5-7,13-14,16H,8-12H2,1-4H3. The highest BCUT2D eigenvalue weighted by Gasteiger charge is 2.30. The second-order valence-electron chi connectivity index (χ2n) is 7.60. The molecule has 0 N–H and O–H groups in total. The summed E-state index contributed by atoms with van der Waals surface area (Å²) in [7, 11) is 0. The molecule has 0 spiro atoms. The van der Waals surface area contributed by atoms with Crippen molar-refractivity contribution in [1.82, 2.24) is 0 Å². The zero-order chi connectivity index (χ0) is 14.8. The number of benzene rings is 1.